The smallest absolute Gasteiger partial charge is 0.265 e. The van der Waals surface area contributed by atoms with Crippen LogP contribution in [0, 0.1) is 6.92 Å². The molecule has 0 aliphatic rings. The number of benzene rings is 1. The van der Waals surface area contributed by atoms with Gasteiger partial charge in [0.1, 0.15) is 17.3 Å². The van der Waals surface area contributed by atoms with E-state index in [0.29, 0.717) is 16.4 Å². The van der Waals surface area contributed by atoms with Crippen molar-refractivity contribution in [1.29, 1.82) is 0 Å². The fraction of sp³-hybridized carbons (Fsp3) is 0.143. The molecular weight excluding hydrogens is 292 g/mol. The van der Waals surface area contributed by atoms with Crippen LogP contribution in [0.2, 0.25) is 0 Å². The van der Waals surface area contributed by atoms with Gasteiger partial charge in [-0.2, -0.15) is 0 Å². The number of carbonyl (C=O) groups excluding carboxylic acids is 1. The molecule has 0 aliphatic carbocycles. The Kier molecular flexibility index (Phi) is 4.70. The van der Waals surface area contributed by atoms with Crippen LogP contribution in [0.25, 0.3) is 0 Å². The lowest BCUT2D eigenvalue weighted by molar-refractivity contribution is 0.103. The molecule has 0 bridgehead atoms. The van der Waals surface area contributed by atoms with Gasteiger partial charge < -0.3 is 15.8 Å². The third-order valence-electron chi connectivity index (χ3n) is 2.56. The van der Waals surface area contributed by atoms with Crippen molar-refractivity contribution in [3.63, 3.8) is 0 Å². The molecule has 0 saturated carbocycles. The number of nitrogens with one attached hydrogen (secondary N) is 1. The largest absolute Gasteiger partial charge is 0.487 e. The quantitative estimate of drug-likeness (QED) is 0.834. The predicted molar refractivity (Wildman–Crippen MR) is 85.7 cm³/mol. The van der Waals surface area contributed by atoms with Crippen molar-refractivity contribution in [2.75, 3.05) is 11.9 Å². The van der Waals surface area contributed by atoms with Gasteiger partial charge in [-0.3, -0.25) is 4.79 Å². The normalized spacial score (nSPS) is 10.1. The first-order chi connectivity index (χ1) is 9.56. The van der Waals surface area contributed by atoms with Crippen LogP contribution in [0.5, 0.6) is 5.75 Å². The van der Waals surface area contributed by atoms with Crippen molar-refractivity contribution < 1.29 is 9.53 Å². The van der Waals surface area contributed by atoms with Crippen molar-refractivity contribution in [3.05, 3.63) is 46.2 Å². The number of hydrogen-bond donors (Lipinski definition) is 2. The van der Waals surface area contributed by atoms with Crippen molar-refractivity contribution in [1.82, 2.24) is 0 Å². The summed E-state index contributed by atoms with van der Waals surface area (Å²) in [7, 11) is 0. The fourth-order valence-electron chi connectivity index (χ4n) is 1.58. The molecule has 0 atom stereocenters. The van der Waals surface area contributed by atoms with Crippen LogP contribution in [0.3, 0.4) is 0 Å². The molecule has 4 nitrogen and oxygen atoms in total. The minimum absolute atomic E-state index is 0.102. The first-order valence-corrected chi connectivity index (χ1v) is 7.21. The Morgan fingerprint density at radius 3 is 2.60 bits per heavy atom. The van der Waals surface area contributed by atoms with Crippen molar-refractivity contribution in [2.24, 2.45) is 5.73 Å². The number of ether oxygens (including phenoxy) is 1. The summed E-state index contributed by atoms with van der Waals surface area (Å²) in [5.74, 6) is 0.553. The average molecular weight is 306 g/mol. The first kappa shape index (κ1) is 14.5. The van der Waals surface area contributed by atoms with E-state index >= 15 is 0 Å². The number of carbonyl (C=O) groups is 1. The van der Waals surface area contributed by atoms with E-state index in [-0.39, 0.29) is 12.5 Å². The van der Waals surface area contributed by atoms with Gasteiger partial charge in [0.25, 0.3) is 5.91 Å². The minimum Gasteiger partial charge on any atom is -0.487 e. The predicted octanol–water partition coefficient (Wildman–Crippen LogP) is 2.97. The van der Waals surface area contributed by atoms with E-state index in [1.54, 1.807) is 24.3 Å². The summed E-state index contributed by atoms with van der Waals surface area (Å²) in [5.41, 5.74) is 7.04. The van der Waals surface area contributed by atoms with Gasteiger partial charge in [-0.05, 0) is 48.2 Å². The van der Waals surface area contributed by atoms with Crippen molar-refractivity contribution in [3.8, 4) is 5.75 Å². The molecule has 1 aromatic heterocycles. The molecule has 6 heteroatoms. The molecule has 1 heterocycles. The van der Waals surface area contributed by atoms with E-state index in [4.69, 9.17) is 22.7 Å². The van der Waals surface area contributed by atoms with Gasteiger partial charge in [-0.25, -0.2) is 0 Å². The number of thiophene rings is 1. The van der Waals surface area contributed by atoms with E-state index in [2.05, 4.69) is 5.32 Å². The van der Waals surface area contributed by atoms with Crippen LogP contribution < -0.4 is 15.8 Å². The van der Waals surface area contributed by atoms with Crippen LogP contribution in [0.4, 0.5) is 5.69 Å². The Morgan fingerprint density at radius 1 is 1.35 bits per heavy atom. The van der Waals surface area contributed by atoms with Crippen LogP contribution in [0.1, 0.15) is 15.2 Å². The highest BCUT2D eigenvalue weighted by Crippen LogP contribution is 2.19. The number of thiocarbonyl (C=S) groups is 1. The highest BCUT2D eigenvalue weighted by atomic mass is 32.1. The maximum Gasteiger partial charge on any atom is 0.265 e. The van der Waals surface area contributed by atoms with Gasteiger partial charge in [0.15, 0.2) is 0 Å². The van der Waals surface area contributed by atoms with Gasteiger partial charge in [-0.1, -0.05) is 12.2 Å². The van der Waals surface area contributed by atoms with Gasteiger partial charge in [0.05, 0.1) is 4.88 Å². The lowest BCUT2D eigenvalue weighted by Crippen LogP contribution is -2.17. The Bertz CT molecular complexity index is 620. The van der Waals surface area contributed by atoms with Crippen LogP contribution >= 0.6 is 23.6 Å². The Balaban J connectivity index is 1.99. The second-order valence-corrected chi connectivity index (χ2v) is 5.61. The van der Waals surface area contributed by atoms with E-state index in [1.807, 2.05) is 18.4 Å². The molecule has 0 saturated heterocycles. The standard InChI is InChI=1S/C14H14N2O2S2/c1-9-6-7-20-13(9)14(17)16-10-2-4-11(5-3-10)18-8-12(15)19/h2-7H,8H2,1H3,(H2,15,19)(H,16,17). The molecule has 0 unspecified atom stereocenters. The second kappa shape index (κ2) is 6.49. The summed E-state index contributed by atoms with van der Waals surface area (Å²) in [6, 6.07) is 8.99. The maximum atomic E-state index is 12.0. The Morgan fingerprint density at radius 2 is 2.05 bits per heavy atom. The monoisotopic (exact) mass is 306 g/mol. The van der Waals surface area contributed by atoms with E-state index < -0.39 is 0 Å². The summed E-state index contributed by atoms with van der Waals surface area (Å²) in [4.78, 5) is 13.1. The van der Waals surface area contributed by atoms with Crippen molar-refractivity contribution >= 4 is 40.1 Å². The van der Waals surface area contributed by atoms with Gasteiger partial charge >= 0.3 is 0 Å². The third kappa shape index (κ3) is 3.79. The highest BCUT2D eigenvalue weighted by molar-refractivity contribution is 7.80. The zero-order valence-electron chi connectivity index (χ0n) is 10.9. The molecule has 0 spiro atoms. The fourth-order valence-corrected chi connectivity index (χ4v) is 2.46. The van der Waals surface area contributed by atoms with Gasteiger partial charge in [0.2, 0.25) is 0 Å². The highest BCUT2D eigenvalue weighted by Gasteiger charge is 2.10. The number of aryl methyl sites for hydroxylation is 1. The van der Waals surface area contributed by atoms with Crippen molar-refractivity contribution in [2.45, 2.75) is 6.92 Å². The maximum absolute atomic E-state index is 12.0. The number of amides is 1. The van der Waals surface area contributed by atoms with Crippen LogP contribution in [0.15, 0.2) is 35.7 Å². The molecule has 1 amide bonds. The minimum atomic E-state index is -0.102. The summed E-state index contributed by atoms with van der Waals surface area (Å²) in [6.45, 7) is 2.12. The van der Waals surface area contributed by atoms with Crippen LogP contribution in [-0.4, -0.2) is 17.5 Å². The topological polar surface area (TPSA) is 64.3 Å². The Labute approximate surface area is 126 Å². The lowest BCUT2D eigenvalue weighted by Gasteiger charge is -2.07. The second-order valence-electron chi connectivity index (χ2n) is 4.17. The SMILES string of the molecule is Cc1ccsc1C(=O)Nc1ccc(OCC(N)=S)cc1. The van der Waals surface area contributed by atoms with E-state index in [0.717, 1.165) is 10.4 Å². The number of rotatable bonds is 5. The third-order valence-corrected chi connectivity index (χ3v) is 3.69. The summed E-state index contributed by atoms with van der Waals surface area (Å²) >= 11 is 6.16. The molecule has 0 radical (unpaired) electrons. The average Bonchev–Trinajstić information content (AvgIpc) is 2.84. The molecule has 1 aromatic carbocycles. The number of nitrogens with two attached hydrogens (primary N) is 1. The molecule has 0 fully saturated rings. The zero-order chi connectivity index (χ0) is 14.5. The molecule has 0 aliphatic heterocycles. The summed E-state index contributed by atoms with van der Waals surface area (Å²) < 4.78 is 5.34. The zero-order valence-corrected chi connectivity index (χ0v) is 12.5. The summed E-state index contributed by atoms with van der Waals surface area (Å²) in [6.07, 6.45) is 0. The molecular formula is C14H14N2O2S2. The number of hydrogen-bond acceptors (Lipinski definition) is 4. The lowest BCUT2D eigenvalue weighted by atomic mass is 10.2. The molecule has 104 valence electrons. The summed E-state index contributed by atoms with van der Waals surface area (Å²) in [5, 5.41) is 4.74. The van der Waals surface area contributed by atoms with Gasteiger partial charge in [-0.15, -0.1) is 11.3 Å². The van der Waals surface area contributed by atoms with Crippen LogP contribution in [-0.2, 0) is 0 Å². The number of anilines is 1. The van der Waals surface area contributed by atoms with E-state index in [9.17, 15) is 4.79 Å². The molecule has 20 heavy (non-hydrogen) atoms. The first-order valence-electron chi connectivity index (χ1n) is 5.93. The van der Waals surface area contributed by atoms with E-state index in [1.165, 1.54) is 11.3 Å². The Hall–Kier alpha value is -1.92. The molecule has 2 aromatic rings. The molecule has 3 N–H and O–H groups in total. The molecule has 2 rings (SSSR count). The van der Waals surface area contributed by atoms with Gasteiger partial charge in [0, 0.05) is 5.69 Å².